The normalized spacial score (nSPS) is 16.7. The number of aromatic nitrogens is 5. The van der Waals surface area contributed by atoms with Gasteiger partial charge in [-0.15, -0.1) is 0 Å². The molecule has 0 aliphatic carbocycles. The minimum Gasteiger partial charge on any atom is -0.375 e. The number of hydrogen-bond acceptors (Lipinski definition) is 7. The molecule has 0 amide bonds. The molecule has 1 saturated heterocycles. The first-order chi connectivity index (χ1) is 14.8. The number of hydrogen-bond donors (Lipinski definition) is 1. The molecule has 0 saturated carbocycles. The molecule has 5 rings (SSSR count). The van der Waals surface area contributed by atoms with Crippen LogP contribution in [0.25, 0.3) is 17.0 Å². The Morgan fingerprint density at radius 1 is 1.13 bits per heavy atom. The Bertz CT molecular complexity index is 1130. The second-order valence-electron chi connectivity index (χ2n) is 7.37. The van der Waals surface area contributed by atoms with Crippen LogP contribution in [0.3, 0.4) is 0 Å². The Balaban J connectivity index is 1.34. The third kappa shape index (κ3) is 3.81. The lowest BCUT2D eigenvalue weighted by Gasteiger charge is -2.32. The van der Waals surface area contributed by atoms with Gasteiger partial charge in [-0.05, 0) is 18.6 Å². The van der Waals surface area contributed by atoms with E-state index >= 15 is 0 Å². The van der Waals surface area contributed by atoms with Crippen LogP contribution < -0.4 is 10.2 Å². The summed E-state index contributed by atoms with van der Waals surface area (Å²) in [6.45, 7) is 5.20. The van der Waals surface area contributed by atoms with Gasteiger partial charge in [0.2, 0.25) is 0 Å². The molecular weight excluding hydrogens is 378 g/mol. The number of fused-ring (bicyclic) bond motifs is 1. The van der Waals surface area contributed by atoms with E-state index in [1.54, 1.807) is 4.52 Å². The fraction of sp³-hybridized carbons (Fsp3) is 0.273. The first-order valence-corrected chi connectivity index (χ1v) is 10.1. The van der Waals surface area contributed by atoms with Gasteiger partial charge in [-0.1, -0.05) is 36.4 Å². The van der Waals surface area contributed by atoms with Gasteiger partial charge in [0.25, 0.3) is 5.78 Å². The monoisotopic (exact) mass is 401 g/mol. The van der Waals surface area contributed by atoms with Gasteiger partial charge in [0.1, 0.15) is 18.0 Å². The van der Waals surface area contributed by atoms with E-state index in [2.05, 4.69) is 49.3 Å². The number of nitrogens with one attached hydrogen (secondary N) is 1. The molecule has 1 aliphatic heterocycles. The molecule has 0 radical (unpaired) electrons. The van der Waals surface area contributed by atoms with Gasteiger partial charge in [-0.3, -0.25) is 0 Å². The lowest BCUT2D eigenvalue weighted by molar-refractivity contribution is 0.0529. The van der Waals surface area contributed by atoms with E-state index in [0.717, 1.165) is 48.2 Å². The van der Waals surface area contributed by atoms with Gasteiger partial charge < -0.3 is 15.0 Å². The average molecular weight is 401 g/mol. The van der Waals surface area contributed by atoms with Gasteiger partial charge >= 0.3 is 0 Å². The summed E-state index contributed by atoms with van der Waals surface area (Å²) >= 11 is 0. The fourth-order valence-electron chi connectivity index (χ4n) is 3.62. The van der Waals surface area contributed by atoms with Crippen LogP contribution in [-0.2, 0) is 11.3 Å². The minimum absolute atomic E-state index is 0.234. The molecule has 152 valence electrons. The summed E-state index contributed by atoms with van der Waals surface area (Å²) in [5, 5.41) is 7.75. The van der Waals surface area contributed by atoms with Crippen LogP contribution in [0, 0.1) is 0 Å². The summed E-state index contributed by atoms with van der Waals surface area (Å²) in [4.78, 5) is 15.8. The van der Waals surface area contributed by atoms with Crippen LogP contribution in [0.5, 0.6) is 0 Å². The molecule has 1 unspecified atom stereocenters. The SMILES string of the molecule is CC1CN(c2ccc(CNc3cc(-c4ccccc4)nc4ncnn34)cn2)CCO1. The van der Waals surface area contributed by atoms with E-state index in [0.29, 0.717) is 12.3 Å². The molecule has 1 atom stereocenters. The topological polar surface area (TPSA) is 80.5 Å². The number of rotatable bonds is 5. The molecular formula is C22H23N7O. The van der Waals surface area contributed by atoms with Crippen LogP contribution in [-0.4, -0.2) is 50.4 Å². The Hall–Kier alpha value is -3.52. The highest BCUT2D eigenvalue weighted by Crippen LogP contribution is 2.22. The lowest BCUT2D eigenvalue weighted by atomic mass is 10.1. The number of anilines is 2. The van der Waals surface area contributed by atoms with Crippen molar-refractivity contribution >= 4 is 17.4 Å². The van der Waals surface area contributed by atoms with Crippen molar-refractivity contribution in [2.24, 2.45) is 0 Å². The Morgan fingerprint density at radius 2 is 2.03 bits per heavy atom. The van der Waals surface area contributed by atoms with Crippen molar-refractivity contribution in [3.63, 3.8) is 0 Å². The Labute approximate surface area is 174 Å². The first-order valence-electron chi connectivity index (χ1n) is 10.1. The summed E-state index contributed by atoms with van der Waals surface area (Å²) in [6, 6.07) is 16.2. The van der Waals surface area contributed by atoms with E-state index < -0.39 is 0 Å². The number of morpholine rings is 1. The Kier molecular flexibility index (Phi) is 4.98. The third-order valence-corrected chi connectivity index (χ3v) is 5.17. The maximum Gasteiger partial charge on any atom is 0.254 e. The van der Waals surface area contributed by atoms with Gasteiger partial charge in [0.15, 0.2) is 0 Å². The summed E-state index contributed by atoms with van der Waals surface area (Å²) in [6.07, 6.45) is 3.67. The average Bonchev–Trinajstić information content (AvgIpc) is 3.27. The molecule has 8 nitrogen and oxygen atoms in total. The molecule has 30 heavy (non-hydrogen) atoms. The van der Waals surface area contributed by atoms with Crippen molar-refractivity contribution in [3.8, 4) is 11.3 Å². The van der Waals surface area contributed by atoms with E-state index in [1.807, 2.05) is 42.6 Å². The highest BCUT2D eigenvalue weighted by atomic mass is 16.5. The molecule has 1 aliphatic rings. The van der Waals surface area contributed by atoms with Crippen molar-refractivity contribution in [2.45, 2.75) is 19.6 Å². The van der Waals surface area contributed by atoms with Gasteiger partial charge in [0.05, 0.1) is 18.4 Å². The van der Waals surface area contributed by atoms with E-state index in [1.165, 1.54) is 6.33 Å². The zero-order valence-electron chi connectivity index (χ0n) is 16.8. The Morgan fingerprint density at radius 3 is 2.83 bits per heavy atom. The second kappa shape index (κ2) is 8.08. The minimum atomic E-state index is 0.234. The van der Waals surface area contributed by atoms with Crippen molar-refractivity contribution in [3.05, 3.63) is 66.6 Å². The number of pyridine rings is 1. The predicted molar refractivity (Wildman–Crippen MR) is 115 cm³/mol. The molecule has 4 aromatic rings. The summed E-state index contributed by atoms with van der Waals surface area (Å²) in [5.41, 5.74) is 2.98. The maximum atomic E-state index is 5.61. The van der Waals surface area contributed by atoms with Crippen LogP contribution in [0.4, 0.5) is 11.6 Å². The van der Waals surface area contributed by atoms with Gasteiger partial charge in [-0.2, -0.15) is 14.6 Å². The zero-order chi connectivity index (χ0) is 20.3. The van der Waals surface area contributed by atoms with Gasteiger partial charge in [0, 0.05) is 37.5 Å². The lowest BCUT2D eigenvalue weighted by Crippen LogP contribution is -2.41. The van der Waals surface area contributed by atoms with E-state index in [9.17, 15) is 0 Å². The van der Waals surface area contributed by atoms with E-state index in [4.69, 9.17) is 4.74 Å². The van der Waals surface area contributed by atoms with Crippen molar-refractivity contribution in [1.29, 1.82) is 0 Å². The molecule has 3 aromatic heterocycles. The summed E-state index contributed by atoms with van der Waals surface area (Å²) < 4.78 is 7.32. The van der Waals surface area contributed by atoms with E-state index in [-0.39, 0.29) is 6.10 Å². The third-order valence-electron chi connectivity index (χ3n) is 5.17. The quantitative estimate of drug-likeness (QED) is 0.550. The standard InChI is InChI=1S/C22H23N7O/c1-16-14-28(9-10-30-16)20-8-7-17(12-23-20)13-24-21-11-19(18-5-3-2-4-6-18)27-22-25-15-26-29(21)22/h2-8,11-12,15-16,24H,9-10,13-14H2,1H3. The predicted octanol–water partition coefficient (Wildman–Crippen LogP) is 3.02. The fourth-order valence-corrected chi connectivity index (χ4v) is 3.62. The van der Waals surface area contributed by atoms with Crippen LogP contribution in [0.2, 0.25) is 0 Å². The van der Waals surface area contributed by atoms with Crippen molar-refractivity contribution < 1.29 is 4.74 Å². The maximum absolute atomic E-state index is 5.61. The first kappa shape index (κ1) is 18.5. The van der Waals surface area contributed by atoms with Crippen LogP contribution in [0.15, 0.2) is 61.1 Å². The molecule has 0 spiro atoms. The molecule has 0 bridgehead atoms. The largest absolute Gasteiger partial charge is 0.375 e. The highest BCUT2D eigenvalue weighted by molar-refractivity contribution is 5.65. The number of nitrogens with zero attached hydrogens (tertiary/aromatic N) is 6. The molecule has 1 N–H and O–H groups in total. The molecule has 1 aromatic carbocycles. The second-order valence-corrected chi connectivity index (χ2v) is 7.37. The molecule has 1 fully saturated rings. The van der Waals surface area contributed by atoms with Crippen LogP contribution in [0.1, 0.15) is 12.5 Å². The van der Waals surface area contributed by atoms with Gasteiger partial charge in [-0.25, -0.2) is 9.97 Å². The summed E-state index contributed by atoms with van der Waals surface area (Å²) in [5.74, 6) is 2.39. The highest BCUT2D eigenvalue weighted by Gasteiger charge is 2.17. The summed E-state index contributed by atoms with van der Waals surface area (Å²) in [7, 11) is 0. The zero-order valence-corrected chi connectivity index (χ0v) is 16.8. The molecule has 8 heteroatoms. The van der Waals surface area contributed by atoms with Crippen LogP contribution >= 0.6 is 0 Å². The number of ether oxygens (including phenoxy) is 1. The smallest absolute Gasteiger partial charge is 0.254 e. The molecule has 4 heterocycles. The van der Waals surface area contributed by atoms with Crippen molar-refractivity contribution in [1.82, 2.24) is 24.6 Å². The number of benzene rings is 1. The van der Waals surface area contributed by atoms with Crippen molar-refractivity contribution in [2.75, 3.05) is 29.9 Å².